The van der Waals surface area contributed by atoms with E-state index in [0.29, 0.717) is 6.41 Å². The number of allylic oxidation sites excluding steroid dienone is 1. The standard InChI is InChI=1S/C12H21N5O3.C7H6Cl2.C7H6O/c1-20-8-15-6-10(16-7-18)11(13)12(19)17-9-2-4-14-5-3-9;1-5-6(8)3-2-4-7(5)9;8-6-7-4-2-1-3-5-7/h6-7,9,14H,2-5,8,13H2,1H3,(H,16,18)(H,17,19);2-4H,1H3;1-6H/b11-10+,15-6+;;. The summed E-state index contributed by atoms with van der Waals surface area (Å²) in [7, 11) is 1.49. The zero-order chi connectivity index (χ0) is 27.5. The maximum Gasteiger partial charge on any atom is 0.269 e. The summed E-state index contributed by atoms with van der Waals surface area (Å²) in [5.41, 5.74) is 7.50. The van der Waals surface area contributed by atoms with Crippen molar-refractivity contribution in [3.05, 3.63) is 81.1 Å². The van der Waals surface area contributed by atoms with Crippen molar-refractivity contribution in [1.29, 1.82) is 0 Å². The molecular formula is C26H33Cl2N5O4. The van der Waals surface area contributed by atoms with E-state index < -0.39 is 5.91 Å². The van der Waals surface area contributed by atoms with Gasteiger partial charge in [0.1, 0.15) is 18.7 Å². The Morgan fingerprint density at radius 2 is 1.73 bits per heavy atom. The Kier molecular flexibility index (Phi) is 16.3. The Morgan fingerprint density at radius 1 is 1.11 bits per heavy atom. The number of carbonyl (C=O) groups is 3. The number of nitrogens with zero attached hydrogens (tertiary/aromatic N) is 1. The van der Waals surface area contributed by atoms with E-state index in [9.17, 15) is 14.4 Å². The summed E-state index contributed by atoms with van der Waals surface area (Å²) in [5, 5.41) is 9.85. The number of methoxy groups -OCH3 is 1. The van der Waals surface area contributed by atoms with Crippen LogP contribution in [-0.2, 0) is 14.3 Å². The van der Waals surface area contributed by atoms with Crippen LogP contribution in [-0.4, -0.2) is 57.8 Å². The summed E-state index contributed by atoms with van der Waals surface area (Å²) in [6.45, 7) is 3.74. The maximum absolute atomic E-state index is 12.0. The molecule has 2 aromatic carbocycles. The minimum absolute atomic E-state index is 0.0736. The number of aliphatic imine (C=N–C) groups is 1. The van der Waals surface area contributed by atoms with E-state index in [1.54, 1.807) is 12.1 Å². The van der Waals surface area contributed by atoms with E-state index in [4.69, 9.17) is 33.7 Å². The first-order chi connectivity index (χ1) is 17.8. The van der Waals surface area contributed by atoms with Crippen molar-refractivity contribution in [3.63, 3.8) is 0 Å². The van der Waals surface area contributed by atoms with Crippen LogP contribution in [0, 0.1) is 6.92 Å². The first-order valence-corrected chi connectivity index (χ1v) is 12.2. The lowest BCUT2D eigenvalue weighted by Gasteiger charge is -2.23. The average molecular weight is 550 g/mol. The molecular weight excluding hydrogens is 517 g/mol. The lowest BCUT2D eigenvalue weighted by Crippen LogP contribution is -2.44. The minimum Gasteiger partial charge on any atom is -0.393 e. The molecule has 1 aliphatic rings. The fourth-order valence-electron chi connectivity index (χ4n) is 2.92. The number of rotatable bonds is 8. The van der Waals surface area contributed by atoms with E-state index in [2.05, 4.69) is 20.9 Å². The molecule has 37 heavy (non-hydrogen) atoms. The van der Waals surface area contributed by atoms with Gasteiger partial charge in [0.05, 0.1) is 11.9 Å². The second-order valence-electron chi connectivity index (χ2n) is 7.69. The smallest absolute Gasteiger partial charge is 0.269 e. The Labute approximate surface area is 227 Å². The normalized spacial score (nSPS) is 13.7. The first kappa shape index (κ1) is 31.8. The van der Waals surface area contributed by atoms with Crippen molar-refractivity contribution in [2.24, 2.45) is 10.7 Å². The molecule has 0 unspecified atom stereocenters. The van der Waals surface area contributed by atoms with Gasteiger partial charge in [-0.2, -0.15) is 0 Å². The lowest BCUT2D eigenvalue weighted by atomic mass is 10.1. The number of aldehydes is 1. The zero-order valence-corrected chi connectivity index (χ0v) is 22.4. The van der Waals surface area contributed by atoms with Crippen molar-refractivity contribution >= 4 is 48.0 Å². The number of amides is 2. The summed E-state index contributed by atoms with van der Waals surface area (Å²) < 4.78 is 4.75. The van der Waals surface area contributed by atoms with E-state index in [-0.39, 0.29) is 24.2 Å². The van der Waals surface area contributed by atoms with Crippen LogP contribution in [0.3, 0.4) is 0 Å². The van der Waals surface area contributed by atoms with Crippen LogP contribution in [0.15, 0.2) is 64.9 Å². The summed E-state index contributed by atoms with van der Waals surface area (Å²) in [6.07, 6.45) is 4.29. The fraction of sp³-hybridized carbons (Fsp3) is 0.308. The van der Waals surface area contributed by atoms with Gasteiger partial charge in [0.15, 0.2) is 0 Å². The predicted octanol–water partition coefficient (Wildman–Crippen LogP) is 3.25. The van der Waals surface area contributed by atoms with Crippen LogP contribution in [0.4, 0.5) is 0 Å². The Bertz CT molecular complexity index is 1020. The number of ether oxygens (including phenoxy) is 1. The van der Waals surface area contributed by atoms with E-state index >= 15 is 0 Å². The van der Waals surface area contributed by atoms with Gasteiger partial charge in [0.25, 0.3) is 5.91 Å². The van der Waals surface area contributed by atoms with Gasteiger partial charge in [0.2, 0.25) is 6.41 Å². The highest BCUT2D eigenvalue weighted by molar-refractivity contribution is 6.35. The van der Waals surface area contributed by atoms with E-state index in [1.165, 1.54) is 13.3 Å². The molecule has 2 amide bonds. The van der Waals surface area contributed by atoms with Gasteiger partial charge in [-0.1, -0.05) is 59.6 Å². The number of piperidine rings is 1. The van der Waals surface area contributed by atoms with E-state index in [1.807, 2.05) is 43.3 Å². The summed E-state index contributed by atoms with van der Waals surface area (Å²) in [4.78, 5) is 36.4. The maximum atomic E-state index is 12.0. The second kappa shape index (κ2) is 18.9. The Hall–Kier alpha value is -3.24. The lowest BCUT2D eigenvalue weighted by molar-refractivity contribution is -0.118. The summed E-state index contributed by atoms with van der Waals surface area (Å²) in [6, 6.07) is 14.7. The molecule has 200 valence electrons. The Morgan fingerprint density at radius 3 is 2.22 bits per heavy atom. The van der Waals surface area contributed by atoms with Crippen molar-refractivity contribution < 1.29 is 19.1 Å². The number of halogens is 2. The number of carbonyl (C=O) groups excluding carboxylic acids is 3. The van der Waals surface area contributed by atoms with Gasteiger partial charge in [-0.3, -0.25) is 19.4 Å². The molecule has 0 aromatic heterocycles. The molecule has 0 spiro atoms. The van der Waals surface area contributed by atoms with Crippen LogP contribution in [0.25, 0.3) is 0 Å². The highest BCUT2D eigenvalue weighted by atomic mass is 35.5. The third-order valence-corrected chi connectivity index (χ3v) is 5.80. The number of nitrogens with two attached hydrogens (primary N) is 1. The molecule has 1 heterocycles. The summed E-state index contributed by atoms with van der Waals surface area (Å²) >= 11 is 11.5. The van der Waals surface area contributed by atoms with Gasteiger partial charge in [-0.05, 0) is 50.6 Å². The molecule has 0 aliphatic carbocycles. The monoisotopic (exact) mass is 549 g/mol. The van der Waals surface area contributed by atoms with Crippen molar-refractivity contribution in [2.75, 3.05) is 26.9 Å². The molecule has 1 saturated heterocycles. The van der Waals surface area contributed by atoms with Crippen molar-refractivity contribution in [1.82, 2.24) is 16.0 Å². The van der Waals surface area contributed by atoms with Crippen LogP contribution in [0.1, 0.15) is 28.8 Å². The van der Waals surface area contributed by atoms with Gasteiger partial charge in [-0.15, -0.1) is 0 Å². The van der Waals surface area contributed by atoms with Crippen LogP contribution in [0.5, 0.6) is 0 Å². The van der Waals surface area contributed by atoms with Crippen LogP contribution >= 0.6 is 23.2 Å². The van der Waals surface area contributed by atoms with Crippen LogP contribution < -0.4 is 21.7 Å². The molecule has 0 atom stereocenters. The molecule has 3 rings (SSSR count). The molecule has 2 aromatic rings. The number of nitrogens with one attached hydrogen (secondary N) is 3. The van der Waals surface area contributed by atoms with Crippen molar-refractivity contribution in [3.8, 4) is 0 Å². The first-order valence-electron chi connectivity index (χ1n) is 11.4. The second-order valence-corrected chi connectivity index (χ2v) is 8.51. The highest BCUT2D eigenvalue weighted by Crippen LogP contribution is 2.22. The van der Waals surface area contributed by atoms with Gasteiger partial charge >= 0.3 is 0 Å². The SMILES string of the molecule is COC/N=C/C(NC=O)=C(\N)C(=O)NC1CCNCC1.Cc1c(Cl)cccc1Cl.O=Cc1ccccc1. The van der Waals surface area contributed by atoms with Crippen LogP contribution in [0.2, 0.25) is 10.0 Å². The van der Waals surface area contributed by atoms with Gasteiger partial charge in [-0.25, -0.2) is 0 Å². The zero-order valence-electron chi connectivity index (χ0n) is 20.9. The third kappa shape index (κ3) is 13.0. The third-order valence-electron chi connectivity index (χ3n) is 4.98. The molecule has 0 saturated carbocycles. The number of hydrogen-bond acceptors (Lipinski definition) is 7. The molecule has 5 N–H and O–H groups in total. The molecule has 1 fully saturated rings. The topological polar surface area (TPSA) is 135 Å². The molecule has 11 heteroatoms. The minimum atomic E-state index is -0.412. The molecule has 0 radical (unpaired) electrons. The number of benzene rings is 2. The van der Waals surface area contributed by atoms with Crippen molar-refractivity contribution in [2.45, 2.75) is 25.8 Å². The van der Waals surface area contributed by atoms with Gasteiger partial charge in [0, 0.05) is 28.8 Å². The average Bonchev–Trinajstić information content (AvgIpc) is 2.92. The molecule has 0 bridgehead atoms. The van der Waals surface area contributed by atoms with Gasteiger partial charge < -0.3 is 26.4 Å². The Balaban J connectivity index is 0.000000328. The quantitative estimate of drug-likeness (QED) is 0.227. The highest BCUT2D eigenvalue weighted by Gasteiger charge is 2.18. The molecule has 9 nitrogen and oxygen atoms in total. The largest absolute Gasteiger partial charge is 0.393 e. The fourth-order valence-corrected chi connectivity index (χ4v) is 3.31. The van der Waals surface area contributed by atoms with E-state index in [0.717, 1.165) is 53.4 Å². The number of hydrogen-bond donors (Lipinski definition) is 4. The summed E-state index contributed by atoms with van der Waals surface area (Å²) in [5.74, 6) is -0.412. The molecule has 1 aliphatic heterocycles. The predicted molar refractivity (Wildman–Crippen MR) is 148 cm³/mol.